The largest absolute Gasteiger partial charge is 3.00 e. The van der Waals surface area contributed by atoms with E-state index in [0.29, 0.717) is 0 Å². The zero-order valence-electron chi connectivity index (χ0n) is 10.3. The van der Waals surface area contributed by atoms with Crippen LogP contribution in [-0.2, 0) is 31.2 Å². The van der Waals surface area contributed by atoms with Crippen molar-refractivity contribution in [2.75, 3.05) is 0 Å². The normalized spacial score (nSPS) is 6.76. The van der Waals surface area contributed by atoms with Crippen LogP contribution in [0.3, 0.4) is 0 Å². The van der Waals surface area contributed by atoms with Crippen LogP contribution >= 0.6 is 0 Å². The number of hydrogen-bond donors (Lipinski definition) is 0. The molecule has 0 aliphatic heterocycles. The number of halogens is 3. The van der Waals surface area contributed by atoms with E-state index < -0.39 is 0 Å². The van der Waals surface area contributed by atoms with Gasteiger partial charge < -0.3 is 54.2 Å². The Kier molecular flexibility index (Phi) is 45.9. The van der Waals surface area contributed by atoms with Gasteiger partial charge in [-0.05, 0) is 20.8 Å². The molecule has 0 N–H and O–H groups in total. The minimum Gasteiger partial charge on any atom is -1.00 e. The molecule has 1 rings (SSSR count). The molecule has 0 aliphatic carbocycles. The molecular weight excluding hydrogens is 318 g/mol. The Bertz CT molecular complexity index is 182. The summed E-state index contributed by atoms with van der Waals surface area (Å²) in [6, 6.07) is 10.0. The molecule has 0 amide bonds. The summed E-state index contributed by atoms with van der Waals surface area (Å²) >= 11 is 0. The number of hydrogen-bond acceptors (Lipinski definition) is 2. The first-order chi connectivity index (χ1) is 5.56. The molecule has 0 bridgehead atoms. The molecule has 0 atom stereocenters. The quantitative estimate of drug-likeness (QED) is 0.377. The molecule has 0 fully saturated rings. The second-order valence-corrected chi connectivity index (χ2v) is 3.26. The maximum Gasteiger partial charge on any atom is 3.00 e. The van der Waals surface area contributed by atoms with Crippen molar-refractivity contribution < 1.29 is 68.5 Å². The van der Waals surface area contributed by atoms with Crippen molar-refractivity contribution in [1.29, 1.82) is 0 Å². The summed E-state index contributed by atoms with van der Waals surface area (Å²) < 4.78 is 4.42. The van der Waals surface area contributed by atoms with Crippen LogP contribution in [0.4, 0.5) is 0 Å². The summed E-state index contributed by atoms with van der Waals surface area (Å²) in [7, 11) is 0. The second kappa shape index (κ2) is 21.7. The van der Waals surface area contributed by atoms with Crippen LogP contribution in [0.2, 0.25) is 0 Å². The zero-order chi connectivity index (χ0) is 9.45. The van der Waals surface area contributed by atoms with Crippen LogP contribution in [0.1, 0.15) is 20.8 Å². The van der Waals surface area contributed by atoms with Crippen LogP contribution in [0.5, 0.6) is 0 Å². The number of ether oxygens (including phenoxy) is 1. The number of rotatable bonds is 1. The average Bonchev–Trinajstić information content (AvgIpc) is 2.38. The van der Waals surface area contributed by atoms with Crippen LogP contribution in [0, 0.1) is 7.43 Å². The van der Waals surface area contributed by atoms with Crippen molar-refractivity contribution in [1.82, 2.24) is 0 Å². The van der Waals surface area contributed by atoms with Gasteiger partial charge in [0.2, 0.25) is 0 Å². The molecule has 2 nitrogen and oxygen atoms in total. The average molecular weight is 335 g/mol. The van der Waals surface area contributed by atoms with E-state index >= 15 is 0 Å². The predicted molar refractivity (Wildman–Crippen MR) is 55.0 cm³/mol. The van der Waals surface area contributed by atoms with Crippen molar-refractivity contribution >= 4 is 6.47 Å². The van der Waals surface area contributed by atoms with Crippen molar-refractivity contribution in [3.05, 3.63) is 37.8 Å². The minimum absolute atomic E-state index is 0. The van der Waals surface area contributed by atoms with Crippen LogP contribution < -0.4 is 37.2 Å². The Morgan fingerprint density at radius 2 is 1.41 bits per heavy atom. The van der Waals surface area contributed by atoms with Gasteiger partial charge in [-0.3, -0.25) is 0 Å². The van der Waals surface area contributed by atoms with Crippen LogP contribution in [-0.4, -0.2) is 12.1 Å². The van der Waals surface area contributed by atoms with Crippen molar-refractivity contribution in [3.8, 4) is 0 Å². The van der Waals surface area contributed by atoms with Crippen LogP contribution in [0.25, 0.3) is 0 Å². The standard InChI is InChI=1S/C5H9O2.C5H5.CH3.3ClH.Ti/c1-5(2,3)7-4-6;1-2-4-5-3-1;;;;;/h1-3H3;1-5H;1H3;3*1H;/q3*-1;;;;+3/p-3. The predicted octanol–water partition coefficient (Wildman–Crippen LogP) is -6.27. The van der Waals surface area contributed by atoms with E-state index in [-0.39, 0.29) is 72.0 Å². The Morgan fingerprint density at radius 1 is 1.06 bits per heavy atom. The minimum atomic E-state index is -0.373. The fourth-order valence-corrected chi connectivity index (χ4v) is 0.446. The van der Waals surface area contributed by atoms with E-state index in [1.54, 1.807) is 20.8 Å². The van der Waals surface area contributed by atoms with Gasteiger partial charge in [0, 0.05) is 0 Å². The molecule has 1 aromatic rings. The molecule has 17 heavy (non-hydrogen) atoms. The molecule has 0 saturated heterocycles. The van der Waals surface area contributed by atoms with Gasteiger partial charge in [0.15, 0.2) is 0 Å². The van der Waals surface area contributed by atoms with Crippen molar-refractivity contribution in [3.63, 3.8) is 0 Å². The monoisotopic (exact) mass is 334 g/mol. The SMILES string of the molecule is CC(C)(C)O[C-]=O.[CH3-].[Cl-].[Cl-].[Cl-].[Ti+3].c1cc[cH-]c1. The van der Waals surface area contributed by atoms with Crippen molar-refractivity contribution in [2.45, 2.75) is 26.4 Å². The van der Waals surface area contributed by atoms with Crippen molar-refractivity contribution in [2.24, 2.45) is 0 Å². The Labute approximate surface area is 138 Å². The van der Waals surface area contributed by atoms with Gasteiger partial charge in [-0.15, -0.1) is 0 Å². The van der Waals surface area contributed by atoms with E-state index in [2.05, 4.69) is 4.74 Å². The summed E-state index contributed by atoms with van der Waals surface area (Å²) in [6.45, 7) is 6.73. The molecule has 6 heteroatoms. The van der Waals surface area contributed by atoms with Gasteiger partial charge >= 0.3 is 21.7 Å². The maximum atomic E-state index is 9.47. The summed E-state index contributed by atoms with van der Waals surface area (Å²) in [5.41, 5.74) is -0.373. The molecule has 0 unspecified atom stereocenters. The third-order valence-electron chi connectivity index (χ3n) is 0.903. The van der Waals surface area contributed by atoms with Gasteiger partial charge in [-0.25, -0.2) is 12.1 Å². The Morgan fingerprint density at radius 3 is 1.47 bits per heavy atom. The summed E-state index contributed by atoms with van der Waals surface area (Å²) in [4.78, 5) is 9.47. The molecule has 0 spiro atoms. The smallest absolute Gasteiger partial charge is 1.00 e. The van der Waals surface area contributed by atoms with E-state index in [4.69, 9.17) is 0 Å². The molecular formula is C11H17Cl3O2Ti-3. The zero-order valence-corrected chi connectivity index (χ0v) is 14.2. The molecule has 1 aromatic carbocycles. The first kappa shape index (κ1) is 36.0. The molecule has 101 valence electrons. The topological polar surface area (TPSA) is 26.3 Å². The molecule has 0 aliphatic rings. The molecule has 0 saturated carbocycles. The molecule has 1 radical (unpaired) electrons. The summed E-state index contributed by atoms with van der Waals surface area (Å²) in [5.74, 6) is 0. The van der Waals surface area contributed by atoms with Gasteiger partial charge in [-0.1, -0.05) is 6.47 Å². The van der Waals surface area contributed by atoms with Gasteiger partial charge in [0.25, 0.3) is 0 Å². The molecule has 0 aromatic heterocycles. The van der Waals surface area contributed by atoms with Gasteiger partial charge in [0.05, 0.1) is 5.60 Å². The number of carbonyl (C=O) groups excluding carboxylic acids is 1. The van der Waals surface area contributed by atoms with E-state index in [9.17, 15) is 4.79 Å². The van der Waals surface area contributed by atoms with E-state index in [1.807, 2.05) is 30.3 Å². The maximum absolute atomic E-state index is 9.47. The first-order valence-corrected chi connectivity index (χ1v) is 3.78. The third kappa shape index (κ3) is 38.5. The summed E-state index contributed by atoms with van der Waals surface area (Å²) in [5, 5.41) is 0. The summed E-state index contributed by atoms with van der Waals surface area (Å²) in [6.07, 6.45) is 0. The van der Waals surface area contributed by atoms with E-state index in [1.165, 1.54) is 6.47 Å². The molecule has 0 heterocycles. The Balaban J connectivity index is -0.0000000280. The second-order valence-electron chi connectivity index (χ2n) is 3.26. The van der Waals surface area contributed by atoms with Gasteiger partial charge in [-0.2, -0.15) is 18.2 Å². The fraction of sp³-hybridized carbons (Fsp3) is 0.364. The Hall–Kier alpha value is 0.404. The van der Waals surface area contributed by atoms with Crippen LogP contribution in [0.15, 0.2) is 30.3 Å². The third-order valence-corrected chi connectivity index (χ3v) is 0.903. The first-order valence-electron chi connectivity index (χ1n) is 3.78. The van der Waals surface area contributed by atoms with Gasteiger partial charge in [0.1, 0.15) is 0 Å². The van der Waals surface area contributed by atoms with E-state index in [0.717, 1.165) is 0 Å². The fourth-order valence-electron chi connectivity index (χ4n) is 0.446.